The van der Waals surface area contributed by atoms with Gasteiger partial charge in [-0.25, -0.2) is 0 Å². The normalized spacial score (nSPS) is 9.78. The molecule has 0 N–H and O–H groups in total. The van der Waals surface area contributed by atoms with Gasteiger partial charge in [0.2, 0.25) is 0 Å². The van der Waals surface area contributed by atoms with Crippen LogP contribution in [0.5, 0.6) is 0 Å². The number of pyridine rings is 1. The van der Waals surface area contributed by atoms with Crippen LogP contribution < -0.4 is 0 Å². The van der Waals surface area contributed by atoms with E-state index in [2.05, 4.69) is 28.4 Å². The van der Waals surface area contributed by atoms with Crippen LogP contribution in [-0.4, -0.2) is 14.8 Å². The van der Waals surface area contributed by atoms with Crippen molar-refractivity contribution in [2.45, 2.75) is 0 Å². The van der Waals surface area contributed by atoms with Crippen molar-refractivity contribution in [1.82, 2.24) is 14.8 Å². The molecule has 0 atom stereocenters. The molecule has 2 aromatic heterocycles. The molecule has 3 nitrogen and oxygen atoms in total. The van der Waals surface area contributed by atoms with E-state index in [1.165, 1.54) is 0 Å². The fourth-order valence-electron chi connectivity index (χ4n) is 1.68. The third kappa shape index (κ3) is 2.55. The molecule has 3 rings (SSSR count). The van der Waals surface area contributed by atoms with Crippen LogP contribution in [0.4, 0.5) is 0 Å². The smallest absolute Gasteiger partial charge is 0.0571 e. The summed E-state index contributed by atoms with van der Waals surface area (Å²) in [6.45, 7) is 0. The third-order valence-corrected chi connectivity index (χ3v) is 2.53. The first-order chi connectivity index (χ1) is 8.43. The van der Waals surface area contributed by atoms with Gasteiger partial charge >= 0.3 is 0 Å². The summed E-state index contributed by atoms with van der Waals surface area (Å²) in [4.78, 5) is 3.96. The van der Waals surface area contributed by atoms with E-state index in [-0.39, 0.29) is 20.1 Å². The van der Waals surface area contributed by atoms with Crippen molar-refractivity contribution in [3.63, 3.8) is 0 Å². The molecule has 0 saturated heterocycles. The summed E-state index contributed by atoms with van der Waals surface area (Å²) < 4.78 is 1.77. The summed E-state index contributed by atoms with van der Waals surface area (Å²) in [5.74, 6) is 0. The van der Waals surface area contributed by atoms with E-state index < -0.39 is 0 Å². The molecule has 0 aliphatic rings. The van der Waals surface area contributed by atoms with Crippen LogP contribution in [0.25, 0.3) is 16.8 Å². The molecule has 0 fully saturated rings. The molecule has 18 heavy (non-hydrogen) atoms. The fourth-order valence-corrected chi connectivity index (χ4v) is 1.68. The summed E-state index contributed by atoms with van der Waals surface area (Å²) in [7, 11) is 0. The second kappa shape index (κ2) is 5.71. The maximum Gasteiger partial charge on any atom is 0.0571 e. The average molecular weight is 412 g/mol. The summed E-state index contributed by atoms with van der Waals surface area (Å²) in [6, 6.07) is 14.0. The van der Waals surface area contributed by atoms with Crippen molar-refractivity contribution in [3.8, 4) is 16.8 Å². The van der Waals surface area contributed by atoms with Gasteiger partial charge in [0.1, 0.15) is 0 Å². The molecule has 1 radical (unpaired) electrons. The molecule has 4 heteroatoms. The molecule has 0 unspecified atom stereocenters. The zero-order valence-corrected chi connectivity index (χ0v) is 11.8. The third-order valence-electron chi connectivity index (χ3n) is 2.53. The minimum Gasteiger partial charge on any atom is -0.392 e. The number of hydrogen-bond donors (Lipinski definition) is 0. The van der Waals surface area contributed by atoms with Crippen molar-refractivity contribution in [3.05, 3.63) is 67.3 Å². The maximum absolute atomic E-state index is 4.31. The van der Waals surface area contributed by atoms with Gasteiger partial charge in [0, 0.05) is 31.9 Å². The second-order valence-electron chi connectivity index (χ2n) is 3.67. The Morgan fingerprint density at radius 1 is 0.944 bits per heavy atom. The van der Waals surface area contributed by atoms with E-state index in [0.717, 1.165) is 16.8 Å². The Bertz CT molecular complexity index is 551. The maximum atomic E-state index is 4.31. The molecule has 0 saturated carbocycles. The Hall–Kier alpha value is -1.77. The van der Waals surface area contributed by atoms with E-state index in [9.17, 15) is 0 Å². The minimum atomic E-state index is 0. The molecule has 0 spiro atoms. The van der Waals surface area contributed by atoms with Crippen molar-refractivity contribution >= 4 is 0 Å². The van der Waals surface area contributed by atoms with Gasteiger partial charge in [-0.2, -0.15) is 11.2 Å². The van der Waals surface area contributed by atoms with Crippen LogP contribution >= 0.6 is 0 Å². The van der Waals surface area contributed by atoms with Gasteiger partial charge in [-0.15, -0.1) is 6.07 Å². The molecule has 0 aliphatic carbocycles. The first-order valence-corrected chi connectivity index (χ1v) is 5.37. The Balaban J connectivity index is 0.00000120. The molecule has 1 aromatic carbocycles. The van der Waals surface area contributed by atoms with E-state index in [1.54, 1.807) is 10.9 Å². The minimum absolute atomic E-state index is 0. The van der Waals surface area contributed by atoms with Gasteiger partial charge in [0.05, 0.1) is 6.20 Å². The largest absolute Gasteiger partial charge is 0.392 e. The first kappa shape index (κ1) is 12.7. The van der Waals surface area contributed by atoms with Gasteiger partial charge in [0.15, 0.2) is 0 Å². The van der Waals surface area contributed by atoms with Gasteiger partial charge in [-0.3, -0.25) is 4.68 Å². The van der Waals surface area contributed by atoms with Crippen molar-refractivity contribution in [2.75, 3.05) is 0 Å². The van der Waals surface area contributed by atoms with Crippen LogP contribution in [0.15, 0.2) is 61.1 Å². The van der Waals surface area contributed by atoms with Crippen molar-refractivity contribution < 1.29 is 20.1 Å². The van der Waals surface area contributed by atoms with Crippen molar-refractivity contribution in [2.24, 2.45) is 0 Å². The van der Waals surface area contributed by atoms with E-state index in [1.807, 2.05) is 42.7 Å². The van der Waals surface area contributed by atoms with Crippen LogP contribution in [0.2, 0.25) is 0 Å². The molecule has 0 aliphatic heterocycles. The number of hydrogen-bond acceptors (Lipinski definition) is 2. The first-order valence-electron chi connectivity index (χ1n) is 5.37. The molecule has 0 amide bonds. The van der Waals surface area contributed by atoms with Gasteiger partial charge in [-0.1, -0.05) is 42.7 Å². The zero-order valence-electron chi connectivity index (χ0n) is 9.45. The van der Waals surface area contributed by atoms with Gasteiger partial charge < -0.3 is 4.98 Å². The quantitative estimate of drug-likeness (QED) is 0.606. The molecule has 3 aromatic rings. The second-order valence-corrected chi connectivity index (χ2v) is 3.67. The van der Waals surface area contributed by atoms with Gasteiger partial charge in [-0.05, 0) is 11.3 Å². The molecular formula is C14H10IrN3-. The Kier molecular flexibility index (Phi) is 4.03. The standard InChI is InChI=1S/C14H10N3.Ir/c1-2-5-12(6-3-1)13-9-16-17(11-13)14-7-4-8-15-10-14;/h1-9,11H;/q-1;. The SMILES string of the molecule is [Ir].[c-]1ncccc1-n1cc(-c2ccccc2)cn1. The molecule has 0 bridgehead atoms. The van der Waals surface area contributed by atoms with E-state index >= 15 is 0 Å². The van der Waals surface area contributed by atoms with Crippen LogP contribution in [0, 0.1) is 6.20 Å². The summed E-state index contributed by atoms with van der Waals surface area (Å²) in [5, 5.41) is 4.31. The Morgan fingerprint density at radius 3 is 2.50 bits per heavy atom. The molecular weight excluding hydrogens is 402 g/mol. The van der Waals surface area contributed by atoms with E-state index in [4.69, 9.17) is 0 Å². The van der Waals surface area contributed by atoms with E-state index in [0.29, 0.717) is 0 Å². The average Bonchev–Trinajstić information content (AvgIpc) is 2.90. The number of benzene rings is 1. The molecule has 91 valence electrons. The topological polar surface area (TPSA) is 30.7 Å². The summed E-state index contributed by atoms with van der Waals surface area (Å²) >= 11 is 0. The predicted molar refractivity (Wildman–Crippen MR) is 65.6 cm³/mol. The van der Waals surface area contributed by atoms with Crippen LogP contribution in [0.1, 0.15) is 0 Å². The number of rotatable bonds is 2. The summed E-state index contributed by atoms with van der Waals surface area (Å²) in [5.41, 5.74) is 3.08. The van der Waals surface area contributed by atoms with Crippen LogP contribution in [0.3, 0.4) is 0 Å². The zero-order chi connectivity index (χ0) is 11.5. The van der Waals surface area contributed by atoms with Crippen LogP contribution in [-0.2, 0) is 20.1 Å². The fraction of sp³-hybridized carbons (Fsp3) is 0. The summed E-state index contributed by atoms with van der Waals surface area (Å²) in [6.07, 6.45) is 8.42. The Morgan fingerprint density at radius 2 is 1.78 bits per heavy atom. The number of aromatic nitrogens is 3. The van der Waals surface area contributed by atoms with Gasteiger partial charge in [0.25, 0.3) is 0 Å². The number of nitrogens with zero attached hydrogens (tertiary/aromatic N) is 3. The Labute approximate surface area is 119 Å². The van der Waals surface area contributed by atoms with Crippen molar-refractivity contribution in [1.29, 1.82) is 0 Å². The monoisotopic (exact) mass is 413 g/mol. The predicted octanol–water partition coefficient (Wildman–Crippen LogP) is 2.73. The molecule has 2 heterocycles.